The highest BCUT2D eigenvalue weighted by Gasteiger charge is 2.25. The monoisotopic (exact) mass is 309 g/mol. The number of likely N-dealkylation sites (tertiary alicyclic amines) is 1. The smallest absolute Gasteiger partial charge is 0.266 e. The Morgan fingerprint density at radius 2 is 2.14 bits per heavy atom. The lowest BCUT2D eigenvalue weighted by atomic mass is 10.2. The van der Waals surface area contributed by atoms with Crippen LogP contribution in [0.4, 0.5) is 5.69 Å². The van der Waals surface area contributed by atoms with Gasteiger partial charge in [0.25, 0.3) is 5.91 Å². The number of hydrogen-bond donors (Lipinski definition) is 2. The number of aldehydes is 1. The van der Waals surface area contributed by atoms with Crippen molar-refractivity contribution in [3.63, 3.8) is 0 Å². The lowest BCUT2D eigenvalue weighted by Crippen LogP contribution is -2.30. The molecule has 1 saturated heterocycles. The molecule has 21 heavy (non-hydrogen) atoms. The summed E-state index contributed by atoms with van der Waals surface area (Å²) in [4.78, 5) is 37.1. The Hall–Kier alpha value is -1.73. The van der Waals surface area contributed by atoms with E-state index in [9.17, 15) is 14.4 Å². The van der Waals surface area contributed by atoms with Gasteiger partial charge in [-0.05, 0) is 30.7 Å². The van der Waals surface area contributed by atoms with Crippen LogP contribution in [-0.4, -0.2) is 42.1 Å². The number of nitrogens with two attached hydrogens (primary N) is 1. The molecule has 1 unspecified atom stereocenters. The van der Waals surface area contributed by atoms with E-state index in [-0.39, 0.29) is 18.2 Å². The Morgan fingerprint density at radius 3 is 2.76 bits per heavy atom. The minimum Gasteiger partial charge on any atom is -0.338 e. The van der Waals surface area contributed by atoms with Crippen LogP contribution in [0.3, 0.4) is 0 Å². The molecule has 2 rings (SSSR count). The van der Waals surface area contributed by atoms with Gasteiger partial charge in [-0.15, -0.1) is 11.3 Å². The van der Waals surface area contributed by atoms with Crippen LogP contribution in [0.2, 0.25) is 0 Å². The van der Waals surface area contributed by atoms with Gasteiger partial charge in [-0.2, -0.15) is 0 Å². The van der Waals surface area contributed by atoms with Crippen LogP contribution in [0.25, 0.3) is 0 Å². The topological polar surface area (TPSA) is 92.5 Å². The second kappa shape index (κ2) is 6.82. The predicted molar refractivity (Wildman–Crippen MR) is 81.5 cm³/mol. The average Bonchev–Trinajstić information content (AvgIpc) is 3.09. The normalized spacial score (nSPS) is 15.8. The zero-order valence-electron chi connectivity index (χ0n) is 11.9. The minimum absolute atomic E-state index is 0.0411. The van der Waals surface area contributed by atoms with Crippen molar-refractivity contribution in [1.29, 1.82) is 0 Å². The fourth-order valence-corrected chi connectivity index (χ4v) is 3.25. The van der Waals surface area contributed by atoms with E-state index in [1.54, 1.807) is 4.90 Å². The first-order valence-corrected chi connectivity index (χ1v) is 7.79. The van der Waals surface area contributed by atoms with Gasteiger partial charge >= 0.3 is 0 Å². The highest BCUT2D eigenvalue weighted by atomic mass is 32.1. The van der Waals surface area contributed by atoms with E-state index < -0.39 is 6.04 Å². The van der Waals surface area contributed by atoms with Crippen molar-refractivity contribution in [2.45, 2.75) is 32.2 Å². The Morgan fingerprint density at radius 1 is 1.48 bits per heavy atom. The molecule has 7 heteroatoms. The molecule has 0 aromatic carbocycles. The molecule has 1 atom stereocenters. The molecular weight excluding hydrogens is 290 g/mol. The predicted octanol–water partition coefficient (Wildman–Crippen LogP) is 1.15. The van der Waals surface area contributed by atoms with E-state index in [1.807, 2.05) is 12.3 Å². The number of hydrogen-bond acceptors (Lipinski definition) is 5. The van der Waals surface area contributed by atoms with Gasteiger partial charge in [0.15, 0.2) is 0 Å². The maximum absolute atomic E-state index is 12.4. The first kappa shape index (κ1) is 15.7. The number of amides is 2. The summed E-state index contributed by atoms with van der Waals surface area (Å²) in [5.74, 6) is -0.396. The van der Waals surface area contributed by atoms with Crippen molar-refractivity contribution in [2.24, 2.45) is 5.73 Å². The lowest BCUT2D eigenvalue weighted by molar-refractivity contribution is -0.118. The van der Waals surface area contributed by atoms with Crippen molar-refractivity contribution in [3.8, 4) is 0 Å². The summed E-state index contributed by atoms with van der Waals surface area (Å²) in [7, 11) is 0. The van der Waals surface area contributed by atoms with Crippen LogP contribution in [-0.2, 0) is 9.59 Å². The maximum Gasteiger partial charge on any atom is 0.266 e. The molecule has 1 aromatic heterocycles. The van der Waals surface area contributed by atoms with Gasteiger partial charge in [-0.1, -0.05) is 0 Å². The summed E-state index contributed by atoms with van der Waals surface area (Å²) in [6.07, 6.45) is 2.49. The van der Waals surface area contributed by atoms with Crippen LogP contribution in [0.1, 0.15) is 34.5 Å². The van der Waals surface area contributed by atoms with E-state index in [4.69, 9.17) is 5.73 Å². The zero-order valence-corrected chi connectivity index (χ0v) is 12.7. The molecule has 0 saturated carbocycles. The molecule has 0 spiro atoms. The van der Waals surface area contributed by atoms with Crippen molar-refractivity contribution in [3.05, 3.63) is 15.8 Å². The molecule has 114 valence electrons. The van der Waals surface area contributed by atoms with Crippen molar-refractivity contribution in [1.82, 2.24) is 4.90 Å². The van der Waals surface area contributed by atoms with Gasteiger partial charge in [0.2, 0.25) is 5.91 Å². The fraction of sp³-hybridized carbons (Fsp3) is 0.500. The highest BCUT2D eigenvalue weighted by Crippen LogP contribution is 2.30. The first-order chi connectivity index (χ1) is 10.0. The molecule has 3 N–H and O–H groups in total. The number of carbonyl (C=O) groups is 3. The number of thiophene rings is 1. The van der Waals surface area contributed by atoms with Crippen molar-refractivity contribution in [2.75, 3.05) is 18.4 Å². The molecule has 1 aliphatic rings. The van der Waals surface area contributed by atoms with Crippen molar-refractivity contribution < 1.29 is 14.4 Å². The van der Waals surface area contributed by atoms with E-state index in [0.29, 0.717) is 16.9 Å². The van der Waals surface area contributed by atoms with Crippen LogP contribution >= 0.6 is 11.3 Å². The van der Waals surface area contributed by atoms with Gasteiger partial charge in [0, 0.05) is 19.5 Å². The number of aryl methyl sites for hydroxylation is 1. The summed E-state index contributed by atoms with van der Waals surface area (Å²) in [5.41, 5.74) is 6.82. The Bertz CT molecular complexity index is 550. The van der Waals surface area contributed by atoms with Crippen molar-refractivity contribution >= 4 is 35.1 Å². The zero-order chi connectivity index (χ0) is 15.4. The van der Waals surface area contributed by atoms with Crippen LogP contribution < -0.4 is 11.1 Å². The summed E-state index contributed by atoms with van der Waals surface area (Å²) >= 11 is 1.33. The first-order valence-electron chi connectivity index (χ1n) is 6.91. The number of nitrogens with one attached hydrogen (secondary N) is 1. The molecule has 0 bridgehead atoms. The van der Waals surface area contributed by atoms with Gasteiger partial charge in [0.05, 0.1) is 11.7 Å². The average molecular weight is 309 g/mol. The van der Waals surface area contributed by atoms with E-state index in [0.717, 1.165) is 31.5 Å². The number of carbonyl (C=O) groups excluding carboxylic acids is 3. The van der Waals surface area contributed by atoms with E-state index in [2.05, 4.69) is 5.32 Å². The Labute approximate surface area is 127 Å². The molecule has 0 aliphatic carbocycles. The number of nitrogens with zero attached hydrogens (tertiary/aromatic N) is 1. The number of anilines is 1. The molecule has 1 aliphatic heterocycles. The lowest BCUT2D eigenvalue weighted by Gasteiger charge is -2.16. The molecule has 2 heterocycles. The van der Waals surface area contributed by atoms with Crippen LogP contribution in [0.15, 0.2) is 5.38 Å². The molecular formula is C14H19N3O3S. The van der Waals surface area contributed by atoms with Gasteiger partial charge < -0.3 is 20.7 Å². The standard InChI is InChI=1S/C14H19N3O3S/c1-9-8-21-13(14(20)17-4-2-3-5-17)12(9)16-11(19)6-10(15)7-18/h7-8,10H,2-6,15H2,1H3,(H,16,19). The second-order valence-electron chi connectivity index (χ2n) is 5.17. The third kappa shape index (κ3) is 3.68. The fourth-order valence-electron chi connectivity index (χ4n) is 2.27. The summed E-state index contributed by atoms with van der Waals surface area (Å²) < 4.78 is 0. The molecule has 6 nitrogen and oxygen atoms in total. The largest absolute Gasteiger partial charge is 0.338 e. The molecule has 2 amide bonds. The molecule has 0 radical (unpaired) electrons. The molecule has 1 aromatic rings. The second-order valence-corrected chi connectivity index (χ2v) is 6.05. The summed E-state index contributed by atoms with van der Waals surface area (Å²) in [6, 6.07) is -0.818. The van der Waals surface area contributed by atoms with Gasteiger partial charge in [0.1, 0.15) is 11.2 Å². The Kier molecular flexibility index (Phi) is 5.08. The Balaban J connectivity index is 2.12. The summed E-state index contributed by atoms with van der Waals surface area (Å²) in [5, 5.41) is 4.56. The maximum atomic E-state index is 12.4. The number of rotatable bonds is 5. The third-order valence-electron chi connectivity index (χ3n) is 3.42. The minimum atomic E-state index is -0.818. The SMILES string of the molecule is Cc1csc(C(=O)N2CCCC2)c1NC(=O)CC(N)C=O. The summed E-state index contributed by atoms with van der Waals surface area (Å²) in [6.45, 7) is 3.37. The van der Waals surface area contributed by atoms with E-state index >= 15 is 0 Å². The highest BCUT2D eigenvalue weighted by molar-refractivity contribution is 7.13. The third-order valence-corrected chi connectivity index (χ3v) is 4.51. The van der Waals surface area contributed by atoms with Gasteiger partial charge in [-0.3, -0.25) is 9.59 Å². The van der Waals surface area contributed by atoms with Gasteiger partial charge in [-0.25, -0.2) is 0 Å². The van der Waals surface area contributed by atoms with E-state index in [1.165, 1.54) is 11.3 Å². The molecule has 1 fully saturated rings. The van der Waals surface area contributed by atoms with Crippen LogP contribution in [0, 0.1) is 6.92 Å². The quantitative estimate of drug-likeness (QED) is 0.798. The van der Waals surface area contributed by atoms with Crippen LogP contribution in [0.5, 0.6) is 0 Å².